The summed E-state index contributed by atoms with van der Waals surface area (Å²) in [7, 11) is 1.72. The number of hydrogen-bond donors (Lipinski definition) is 3. The first-order valence-corrected chi connectivity index (χ1v) is 8.73. The summed E-state index contributed by atoms with van der Waals surface area (Å²) in [6.45, 7) is 2.18. The van der Waals surface area contributed by atoms with Crippen LogP contribution in [0.4, 0.5) is 27.9 Å². The molecule has 0 saturated carbocycles. The first-order chi connectivity index (χ1) is 12.6. The van der Waals surface area contributed by atoms with Crippen molar-refractivity contribution in [1.82, 2.24) is 14.9 Å². The maximum absolute atomic E-state index is 12.3. The Kier molecular flexibility index (Phi) is 5.97. The number of benzene rings is 1. The fourth-order valence-corrected chi connectivity index (χ4v) is 2.69. The standard InChI is InChI=1S/C16H18Cl2N6O2/c1-19-14-13(22-16(25)24-4-6-26-7-5-24)9-20-15(23-14)21-10-2-3-11(17)12(18)8-10/h2-3,8-9H,4-7H2,1H3,(H,22,25)(H2,19,20,21,23). The maximum atomic E-state index is 12.3. The molecule has 138 valence electrons. The Morgan fingerprint density at radius 1 is 1.23 bits per heavy atom. The Balaban J connectivity index is 1.72. The lowest BCUT2D eigenvalue weighted by Crippen LogP contribution is -2.43. The largest absolute Gasteiger partial charge is 0.378 e. The highest BCUT2D eigenvalue weighted by atomic mass is 35.5. The lowest BCUT2D eigenvalue weighted by Gasteiger charge is -2.27. The Hall–Kier alpha value is -2.29. The highest BCUT2D eigenvalue weighted by Gasteiger charge is 2.18. The number of halogens is 2. The number of carbonyl (C=O) groups is 1. The van der Waals surface area contributed by atoms with Crippen molar-refractivity contribution in [3.05, 3.63) is 34.4 Å². The number of morpholine rings is 1. The zero-order chi connectivity index (χ0) is 18.5. The number of nitrogens with one attached hydrogen (secondary N) is 3. The van der Waals surface area contributed by atoms with Crippen LogP contribution in [0.2, 0.25) is 10.0 Å². The van der Waals surface area contributed by atoms with E-state index in [0.29, 0.717) is 59.5 Å². The average Bonchev–Trinajstić information content (AvgIpc) is 2.66. The van der Waals surface area contributed by atoms with Gasteiger partial charge >= 0.3 is 6.03 Å². The van der Waals surface area contributed by atoms with Gasteiger partial charge in [0, 0.05) is 25.8 Å². The first kappa shape index (κ1) is 18.5. The minimum Gasteiger partial charge on any atom is -0.378 e. The van der Waals surface area contributed by atoms with Gasteiger partial charge in [0.1, 0.15) is 5.69 Å². The smallest absolute Gasteiger partial charge is 0.322 e. The molecule has 0 atom stereocenters. The van der Waals surface area contributed by atoms with E-state index >= 15 is 0 Å². The summed E-state index contributed by atoms with van der Waals surface area (Å²) in [6.07, 6.45) is 1.54. The number of anilines is 4. The molecule has 1 aromatic carbocycles. The summed E-state index contributed by atoms with van der Waals surface area (Å²) in [4.78, 5) is 22.6. The van der Waals surface area contributed by atoms with Crippen molar-refractivity contribution in [1.29, 1.82) is 0 Å². The first-order valence-electron chi connectivity index (χ1n) is 7.97. The van der Waals surface area contributed by atoms with Crippen LogP contribution in [-0.4, -0.2) is 54.2 Å². The zero-order valence-corrected chi connectivity index (χ0v) is 15.6. The SMILES string of the molecule is CNc1nc(Nc2ccc(Cl)c(Cl)c2)ncc1NC(=O)N1CCOCC1. The Labute approximate surface area is 160 Å². The van der Waals surface area contributed by atoms with Crippen LogP contribution in [0.5, 0.6) is 0 Å². The number of nitrogens with zero attached hydrogens (tertiary/aromatic N) is 3. The molecule has 0 bridgehead atoms. The molecule has 26 heavy (non-hydrogen) atoms. The van der Waals surface area contributed by atoms with Crippen LogP contribution in [0.1, 0.15) is 0 Å². The second-order valence-corrected chi connectivity index (χ2v) is 6.30. The molecule has 8 nitrogen and oxygen atoms in total. The predicted octanol–water partition coefficient (Wildman–Crippen LogP) is 3.43. The summed E-state index contributed by atoms with van der Waals surface area (Å²) in [5.74, 6) is 0.848. The molecule has 2 amide bonds. The summed E-state index contributed by atoms with van der Waals surface area (Å²) >= 11 is 11.9. The molecule has 1 aromatic heterocycles. The van der Waals surface area contributed by atoms with Crippen LogP contribution >= 0.6 is 23.2 Å². The Bertz CT molecular complexity index is 798. The fraction of sp³-hybridized carbons (Fsp3) is 0.312. The average molecular weight is 397 g/mol. The lowest BCUT2D eigenvalue weighted by molar-refractivity contribution is 0.0564. The van der Waals surface area contributed by atoms with Crippen molar-refractivity contribution in [2.45, 2.75) is 0 Å². The van der Waals surface area contributed by atoms with Crippen molar-refractivity contribution in [2.75, 3.05) is 49.3 Å². The van der Waals surface area contributed by atoms with Gasteiger partial charge < -0.3 is 25.6 Å². The quantitative estimate of drug-likeness (QED) is 0.732. The van der Waals surface area contributed by atoms with E-state index in [9.17, 15) is 4.79 Å². The predicted molar refractivity (Wildman–Crippen MR) is 103 cm³/mol. The highest BCUT2D eigenvalue weighted by molar-refractivity contribution is 6.42. The van der Waals surface area contributed by atoms with Crippen LogP contribution in [0.3, 0.4) is 0 Å². The molecule has 1 saturated heterocycles. The van der Waals surface area contributed by atoms with Gasteiger partial charge in [-0.2, -0.15) is 4.98 Å². The van der Waals surface area contributed by atoms with Crippen molar-refractivity contribution in [2.24, 2.45) is 0 Å². The monoisotopic (exact) mass is 396 g/mol. The maximum Gasteiger partial charge on any atom is 0.322 e. The van der Waals surface area contributed by atoms with Crippen LogP contribution < -0.4 is 16.0 Å². The van der Waals surface area contributed by atoms with Crippen molar-refractivity contribution < 1.29 is 9.53 Å². The summed E-state index contributed by atoms with van der Waals surface area (Å²) < 4.78 is 5.25. The molecular formula is C16H18Cl2N6O2. The second-order valence-electron chi connectivity index (χ2n) is 5.49. The van der Waals surface area contributed by atoms with E-state index in [-0.39, 0.29) is 6.03 Å². The van der Waals surface area contributed by atoms with E-state index < -0.39 is 0 Å². The topological polar surface area (TPSA) is 91.4 Å². The minimum atomic E-state index is -0.210. The minimum absolute atomic E-state index is 0.210. The molecule has 2 heterocycles. The molecular weight excluding hydrogens is 379 g/mol. The number of urea groups is 1. The molecule has 1 aliphatic heterocycles. The molecule has 3 N–H and O–H groups in total. The van der Waals surface area contributed by atoms with Gasteiger partial charge in [0.15, 0.2) is 5.82 Å². The van der Waals surface area contributed by atoms with Crippen molar-refractivity contribution in [3.63, 3.8) is 0 Å². The number of aromatic nitrogens is 2. The van der Waals surface area contributed by atoms with E-state index in [2.05, 4.69) is 25.9 Å². The lowest BCUT2D eigenvalue weighted by atomic mass is 10.3. The molecule has 0 spiro atoms. The normalized spacial score (nSPS) is 14.0. The summed E-state index contributed by atoms with van der Waals surface area (Å²) in [5, 5.41) is 9.71. The van der Waals surface area contributed by atoms with Crippen molar-refractivity contribution >= 4 is 52.4 Å². The molecule has 10 heteroatoms. The van der Waals surface area contributed by atoms with Gasteiger partial charge in [0.05, 0.1) is 29.5 Å². The van der Waals surface area contributed by atoms with Crippen LogP contribution in [-0.2, 0) is 4.74 Å². The van der Waals surface area contributed by atoms with Gasteiger partial charge in [0.25, 0.3) is 0 Å². The third-order valence-corrected chi connectivity index (χ3v) is 4.48. The van der Waals surface area contributed by atoms with Crippen LogP contribution in [0.25, 0.3) is 0 Å². The number of amides is 2. The zero-order valence-electron chi connectivity index (χ0n) is 14.1. The molecule has 1 fully saturated rings. The molecule has 1 aliphatic rings. The van der Waals surface area contributed by atoms with E-state index in [1.165, 1.54) is 6.20 Å². The Morgan fingerprint density at radius 3 is 2.69 bits per heavy atom. The third-order valence-electron chi connectivity index (χ3n) is 3.74. The van der Waals surface area contributed by atoms with Gasteiger partial charge in [-0.05, 0) is 18.2 Å². The van der Waals surface area contributed by atoms with E-state index in [1.807, 2.05) is 0 Å². The highest BCUT2D eigenvalue weighted by Crippen LogP contribution is 2.27. The van der Waals surface area contributed by atoms with Gasteiger partial charge in [-0.3, -0.25) is 0 Å². The van der Waals surface area contributed by atoms with E-state index in [1.54, 1.807) is 30.1 Å². The van der Waals surface area contributed by atoms with Crippen LogP contribution in [0.15, 0.2) is 24.4 Å². The summed E-state index contributed by atoms with van der Waals surface area (Å²) in [5.41, 5.74) is 1.19. The summed E-state index contributed by atoms with van der Waals surface area (Å²) in [6, 6.07) is 4.92. The van der Waals surface area contributed by atoms with Gasteiger partial charge in [-0.25, -0.2) is 9.78 Å². The number of hydrogen-bond acceptors (Lipinski definition) is 6. The second kappa shape index (κ2) is 8.39. The number of carbonyl (C=O) groups excluding carboxylic acids is 1. The molecule has 2 aromatic rings. The van der Waals surface area contributed by atoms with E-state index in [4.69, 9.17) is 27.9 Å². The van der Waals surface area contributed by atoms with Crippen molar-refractivity contribution in [3.8, 4) is 0 Å². The Morgan fingerprint density at radius 2 is 2.00 bits per heavy atom. The number of ether oxygens (including phenoxy) is 1. The molecule has 0 radical (unpaired) electrons. The molecule has 0 aliphatic carbocycles. The van der Waals surface area contributed by atoms with Gasteiger partial charge in [-0.15, -0.1) is 0 Å². The third kappa shape index (κ3) is 4.46. The van der Waals surface area contributed by atoms with E-state index in [0.717, 1.165) is 0 Å². The number of rotatable bonds is 4. The fourth-order valence-electron chi connectivity index (χ4n) is 2.39. The van der Waals surface area contributed by atoms with Gasteiger partial charge in [-0.1, -0.05) is 23.2 Å². The van der Waals surface area contributed by atoms with Gasteiger partial charge in [0.2, 0.25) is 5.95 Å². The molecule has 0 unspecified atom stereocenters. The molecule has 3 rings (SSSR count). The van der Waals surface area contributed by atoms with Crippen LogP contribution in [0, 0.1) is 0 Å².